The zero-order chi connectivity index (χ0) is 12.3. The van der Waals surface area contributed by atoms with E-state index in [1.807, 2.05) is 14.1 Å². The largest absolute Gasteiger partial charge is 0.320 e. The van der Waals surface area contributed by atoms with Gasteiger partial charge in [0.2, 0.25) is 5.91 Å². The monoisotopic (exact) mass is 232 g/mol. The van der Waals surface area contributed by atoms with Gasteiger partial charge in [-0.05, 0) is 50.0 Å². The molecule has 1 amide bonds. The lowest BCUT2D eigenvalue weighted by molar-refractivity contribution is -0.118. The third-order valence-corrected chi connectivity index (χ3v) is 3.38. The summed E-state index contributed by atoms with van der Waals surface area (Å²) in [6.07, 6.45) is 3.79. The smallest absolute Gasteiger partial charge is 0.227 e. The molecule has 17 heavy (non-hydrogen) atoms. The van der Waals surface area contributed by atoms with E-state index in [1.165, 1.54) is 11.1 Å². The van der Waals surface area contributed by atoms with E-state index in [1.54, 1.807) is 4.90 Å². The van der Waals surface area contributed by atoms with Crippen LogP contribution in [-0.2, 0) is 17.6 Å². The van der Waals surface area contributed by atoms with Crippen LogP contribution >= 0.6 is 0 Å². The molecule has 1 heterocycles. The van der Waals surface area contributed by atoms with Crippen LogP contribution in [0, 0.1) is 0 Å². The second kappa shape index (κ2) is 5.32. The highest BCUT2D eigenvalue weighted by Gasteiger charge is 2.20. The summed E-state index contributed by atoms with van der Waals surface area (Å²) in [7, 11) is 3.84. The van der Waals surface area contributed by atoms with Gasteiger partial charge in [-0.25, -0.2) is 0 Å². The van der Waals surface area contributed by atoms with Crippen molar-refractivity contribution in [2.75, 3.05) is 25.5 Å². The number of hydrogen-bond acceptors (Lipinski definition) is 2. The quantitative estimate of drug-likeness (QED) is 0.802. The molecule has 1 aliphatic rings. The van der Waals surface area contributed by atoms with Crippen molar-refractivity contribution in [3.8, 4) is 0 Å². The van der Waals surface area contributed by atoms with Gasteiger partial charge in [-0.1, -0.05) is 12.1 Å². The van der Waals surface area contributed by atoms with E-state index < -0.39 is 0 Å². The Labute approximate surface area is 103 Å². The van der Waals surface area contributed by atoms with Crippen molar-refractivity contribution < 1.29 is 4.79 Å². The lowest BCUT2D eigenvalue weighted by Gasteiger charge is -2.26. The van der Waals surface area contributed by atoms with Crippen molar-refractivity contribution in [3.63, 3.8) is 0 Å². The van der Waals surface area contributed by atoms with E-state index >= 15 is 0 Å². The van der Waals surface area contributed by atoms with Gasteiger partial charge in [0.25, 0.3) is 0 Å². The summed E-state index contributed by atoms with van der Waals surface area (Å²) in [4.78, 5) is 13.3. The second-order valence-corrected chi connectivity index (χ2v) is 4.62. The Kier molecular flexibility index (Phi) is 3.79. The Morgan fingerprint density at radius 2 is 2.18 bits per heavy atom. The predicted molar refractivity (Wildman–Crippen MR) is 70.4 cm³/mol. The number of nitrogens with one attached hydrogen (secondary N) is 1. The van der Waals surface area contributed by atoms with Crippen LogP contribution in [0.5, 0.6) is 0 Å². The van der Waals surface area contributed by atoms with Crippen molar-refractivity contribution in [3.05, 3.63) is 29.3 Å². The van der Waals surface area contributed by atoms with Gasteiger partial charge >= 0.3 is 0 Å². The van der Waals surface area contributed by atoms with Gasteiger partial charge in [0.1, 0.15) is 0 Å². The van der Waals surface area contributed by atoms with Gasteiger partial charge in [-0.15, -0.1) is 0 Å². The summed E-state index contributed by atoms with van der Waals surface area (Å²) >= 11 is 0. The molecule has 92 valence electrons. The number of aryl methyl sites for hydroxylation is 2. The van der Waals surface area contributed by atoms with E-state index in [0.29, 0.717) is 6.42 Å². The fourth-order valence-electron chi connectivity index (χ4n) is 2.33. The molecular formula is C14H20N2O. The van der Waals surface area contributed by atoms with E-state index in [0.717, 1.165) is 31.5 Å². The van der Waals surface area contributed by atoms with Gasteiger partial charge in [0.05, 0.1) is 0 Å². The molecule has 0 aromatic heterocycles. The van der Waals surface area contributed by atoms with Crippen LogP contribution in [0.15, 0.2) is 18.2 Å². The van der Waals surface area contributed by atoms with Crippen LogP contribution in [0.3, 0.4) is 0 Å². The molecule has 0 spiro atoms. The molecule has 0 saturated carbocycles. The summed E-state index contributed by atoms with van der Waals surface area (Å²) in [6, 6.07) is 6.48. The zero-order valence-corrected chi connectivity index (χ0v) is 10.6. The summed E-state index contributed by atoms with van der Waals surface area (Å²) in [5.74, 6) is 0.223. The number of fused-ring (bicyclic) bond motifs is 1. The lowest BCUT2D eigenvalue weighted by Crippen LogP contribution is -2.31. The number of benzene rings is 1. The first kappa shape index (κ1) is 12.1. The predicted octanol–water partition coefficient (Wildman–Crippen LogP) is 1.75. The first-order valence-corrected chi connectivity index (χ1v) is 6.25. The molecule has 1 aromatic rings. The fourth-order valence-corrected chi connectivity index (χ4v) is 2.33. The van der Waals surface area contributed by atoms with Crippen LogP contribution in [0.1, 0.15) is 24.0 Å². The van der Waals surface area contributed by atoms with Crippen LogP contribution in [0.25, 0.3) is 0 Å². The third-order valence-electron chi connectivity index (χ3n) is 3.38. The van der Waals surface area contributed by atoms with Crippen molar-refractivity contribution in [2.45, 2.75) is 25.7 Å². The van der Waals surface area contributed by atoms with E-state index in [9.17, 15) is 4.79 Å². The minimum absolute atomic E-state index is 0.223. The molecule has 0 saturated heterocycles. The summed E-state index contributed by atoms with van der Waals surface area (Å²) in [5.41, 5.74) is 3.77. The van der Waals surface area contributed by atoms with Gasteiger partial charge in [-0.3, -0.25) is 4.79 Å². The SMILES string of the molecule is CNCCCc1ccc2c(c1)CCC(=O)N2C. The average Bonchev–Trinajstić information content (AvgIpc) is 2.34. The second-order valence-electron chi connectivity index (χ2n) is 4.62. The Balaban J connectivity index is 2.12. The zero-order valence-electron chi connectivity index (χ0n) is 10.6. The normalized spacial score (nSPS) is 14.9. The molecule has 3 nitrogen and oxygen atoms in total. The molecule has 1 N–H and O–H groups in total. The number of amides is 1. The van der Waals surface area contributed by atoms with Gasteiger partial charge < -0.3 is 10.2 Å². The molecule has 0 radical (unpaired) electrons. The van der Waals surface area contributed by atoms with Gasteiger partial charge in [0, 0.05) is 19.2 Å². The number of rotatable bonds is 4. The Morgan fingerprint density at radius 1 is 1.35 bits per heavy atom. The summed E-state index contributed by atoms with van der Waals surface area (Å²) in [6.45, 7) is 1.05. The average molecular weight is 232 g/mol. The maximum absolute atomic E-state index is 11.6. The maximum Gasteiger partial charge on any atom is 0.227 e. The summed E-state index contributed by atoms with van der Waals surface area (Å²) in [5, 5.41) is 3.16. The Morgan fingerprint density at radius 3 is 2.94 bits per heavy atom. The topological polar surface area (TPSA) is 32.3 Å². The molecular weight excluding hydrogens is 212 g/mol. The highest BCUT2D eigenvalue weighted by atomic mass is 16.2. The Bertz CT molecular complexity index is 415. The molecule has 0 unspecified atom stereocenters. The molecule has 0 aliphatic carbocycles. The molecule has 0 fully saturated rings. The molecule has 0 bridgehead atoms. The third kappa shape index (κ3) is 2.67. The van der Waals surface area contributed by atoms with Crippen LogP contribution in [-0.4, -0.2) is 26.5 Å². The highest BCUT2D eigenvalue weighted by Crippen LogP contribution is 2.27. The number of carbonyl (C=O) groups is 1. The van der Waals surface area contributed by atoms with Crippen LogP contribution < -0.4 is 10.2 Å². The standard InChI is InChI=1S/C14H20N2O/c1-15-9-3-4-11-5-7-13-12(10-11)6-8-14(17)16(13)2/h5,7,10,15H,3-4,6,8-9H2,1-2H3. The van der Waals surface area contributed by atoms with Crippen LogP contribution in [0.2, 0.25) is 0 Å². The summed E-state index contributed by atoms with van der Waals surface area (Å²) < 4.78 is 0. The van der Waals surface area contributed by atoms with E-state index in [4.69, 9.17) is 0 Å². The van der Waals surface area contributed by atoms with Crippen molar-refractivity contribution >= 4 is 11.6 Å². The number of nitrogens with zero attached hydrogens (tertiary/aromatic N) is 1. The lowest BCUT2D eigenvalue weighted by atomic mass is 9.97. The molecule has 3 heteroatoms. The van der Waals surface area contributed by atoms with E-state index in [-0.39, 0.29) is 5.91 Å². The van der Waals surface area contributed by atoms with Crippen molar-refractivity contribution in [1.29, 1.82) is 0 Å². The number of hydrogen-bond donors (Lipinski definition) is 1. The molecule has 1 aromatic carbocycles. The van der Waals surface area contributed by atoms with Crippen LogP contribution in [0.4, 0.5) is 5.69 Å². The fraction of sp³-hybridized carbons (Fsp3) is 0.500. The van der Waals surface area contributed by atoms with E-state index in [2.05, 4.69) is 23.5 Å². The Hall–Kier alpha value is -1.35. The number of carbonyl (C=O) groups excluding carboxylic acids is 1. The first-order chi connectivity index (χ1) is 8.22. The first-order valence-electron chi connectivity index (χ1n) is 6.25. The molecule has 0 atom stereocenters. The maximum atomic E-state index is 11.6. The van der Waals surface area contributed by atoms with Crippen molar-refractivity contribution in [2.24, 2.45) is 0 Å². The molecule has 1 aliphatic heterocycles. The number of anilines is 1. The van der Waals surface area contributed by atoms with Gasteiger partial charge in [0.15, 0.2) is 0 Å². The highest BCUT2D eigenvalue weighted by molar-refractivity contribution is 5.95. The minimum Gasteiger partial charge on any atom is -0.320 e. The molecule has 2 rings (SSSR count). The minimum atomic E-state index is 0.223. The van der Waals surface area contributed by atoms with Gasteiger partial charge in [-0.2, -0.15) is 0 Å². The van der Waals surface area contributed by atoms with Crippen molar-refractivity contribution in [1.82, 2.24) is 5.32 Å².